The van der Waals surface area contributed by atoms with Crippen LogP contribution in [0.2, 0.25) is 0 Å². The average Bonchev–Trinajstić information content (AvgIpc) is 3.29. The summed E-state index contributed by atoms with van der Waals surface area (Å²) in [7, 11) is 1.63. The molecule has 2 aromatic carbocycles. The van der Waals surface area contributed by atoms with Gasteiger partial charge < -0.3 is 9.30 Å². The number of imide groups is 1. The molecule has 4 rings (SSSR count). The molecule has 0 atom stereocenters. The minimum absolute atomic E-state index is 0.248. The van der Waals surface area contributed by atoms with Crippen molar-refractivity contribution in [3.63, 3.8) is 0 Å². The average molecular weight is 390 g/mol. The molecule has 0 radical (unpaired) electrons. The Bertz CT molecular complexity index is 1040. The molecule has 0 spiro atoms. The number of hydrogen-bond acceptors (Lipinski definition) is 4. The smallest absolute Gasteiger partial charge is 0.293 e. The lowest BCUT2D eigenvalue weighted by molar-refractivity contribution is -0.123. The van der Waals surface area contributed by atoms with Gasteiger partial charge in [-0.15, -0.1) is 0 Å². The van der Waals surface area contributed by atoms with Crippen LogP contribution in [0, 0.1) is 0 Å². The molecular formula is C22H18N2O3S. The van der Waals surface area contributed by atoms with Crippen molar-refractivity contribution in [1.82, 2.24) is 9.47 Å². The summed E-state index contributed by atoms with van der Waals surface area (Å²) < 4.78 is 7.16. The van der Waals surface area contributed by atoms with Crippen LogP contribution in [0.3, 0.4) is 0 Å². The quantitative estimate of drug-likeness (QED) is 0.592. The van der Waals surface area contributed by atoms with Crippen LogP contribution in [-0.2, 0) is 11.3 Å². The summed E-state index contributed by atoms with van der Waals surface area (Å²) in [6.07, 6.45) is 3.68. The van der Waals surface area contributed by atoms with Crippen LogP contribution < -0.4 is 4.74 Å². The maximum absolute atomic E-state index is 12.8. The minimum Gasteiger partial charge on any atom is -0.497 e. The molecule has 1 saturated heterocycles. The molecule has 6 heteroatoms. The monoisotopic (exact) mass is 390 g/mol. The van der Waals surface area contributed by atoms with Gasteiger partial charge in [0, 0.05) is 17.6 Å². The van der Waals surface area contributed by atoms with Crippen molar-refractivity contribution in [3.8, 4) is 11.4 Å². The lowest BCUT2D eigenvalue weighted by atomic mass is 10.2. The van der Waals surface area contributed by atoms with E-state index in [0.29, 0.717) is 4.91 Å². The van der Waals surface area contributed by atoms with Crippen LogP contribution in [0.15, 0.2) is 77.8 Å². The van der Waals surface area contributed by atoms with E-state index in [9.17, 15) is 9.59 Å². The lowest BCUT2D eigenvalue weighted by Crippen LogP contribution is -2.27. The molecule has 2 heterocycles. The van der Waals surface area contributed by atoms with Crippen LogP contribution >= 0.6 is 11.8 Å². The SMILES string of the molecule is COc1ccc(-n2cccc2/C=C2\SC(=O)N(Cc3ccccc3)C2=O)cc1. The standard InChI is InChI=1S/C22H18N2O3S/c1-27-19-11-9-17(10-12-19)23-13-5-8-18(23)14-20-21(25)24(22(26)28-20)15-16-6-3-2-4-7-16/h2-14H,15H2,1H3/b20-14-. The summed E-state index contributed by atoms with van der Waals surface area (Å²) in [4.78, 5) is 26.8. The second-order valence-electron chi connectivity index (χ2n) is 6.25. The van der Waals surface area contributed by atoms with Crippen LogP contribution in [-0.4, -0.2) is 27.7 Å². The van der Waals surface area contributed by atoms with Gasteiger partial charge in [-0.3, -0.25) is 14.5 Å². The largest absolute Gasteiger partial charge is 0.497 e. The molecule has 1 aliphatic heterocycles. The van der Waals surface area contributed by atoms with Gasteiger partial charge in [0.05, 0.1) is 18.6 Å². The van der Waals surface area contributed by atoms with Gasteiger partial charge in [0.25, 0.3) is 11.1 Å². The van der Waals surface area contributed by atoms with E-state index in [-0.39, 0.29) is 17.7 Å². The highest BCUT2D eigenvalue weighted by molar-refractivity contribution is 8.18. The summed E-state index contributed by atoms with van der Waals surface area (Å²) >= 11 is 0.974. The number of benzene rings is 2. The lowest BCUT2D eigenvalue weighted by Gasteiger charge is -2.12. The molecule has 1 aliphatic rings. The van der Waals surface area contributed by atoms with Gasteiger partial charge in [-0.1, -0.05) is 30.3 Å². The van der Waals surface area contributed by atoms with Gasteiger partial charge in [0.1, 0.15) is 5.75 Å². The van der Waals surface area contributed by atoms with Gasteiger partial charge in [-0.2, -0.15) is 0 Å². The summed E-state index contributed by atoms with van der Waals surface area (Å²) in [5.41, 5.74) is 2.70. The van der Waals surface area contributed by atoms with Crippen LogP contribution in [0.4, 0.5) is 4.79 Å². The van der Waals surface area contributed by atoms with E-state index in [1.54, 1.807) is 13.2 Å². The summed E-state index contributed by atoms with van der Waals surface area (Å²) in [6, 6.07) is 21.0. The maximum Gasteiger partial charge on any atom is 0.293 e. The first-order valence-corrected chi connectivity index (χ1v) is 9.58. The molecule has 0 unspecified atom stereocenters. The molecule has 28 heavy (non-hydrogen) atoms. The third-order valence-corrected chi connectivity index (χ3v) is 5.37. The van der Waals surface area contributed by atoms with E-state index in [1.807, 2.05) is 77.5 Å². The first-order chi connectivity index (χ1) is 13.7. The second-order valence-corrected chi connectivity index (χ2v) is 7.25. The zero-order valence-electron chi connectivity index (χ0n) is 15.2. The van der Waals surface area contributed by atoms with Gasteiger partial charge in [0.15, 0.2) is 0 Å². The molecule has 140 valence electrons. The van der Waals surface area contributed by atoms with Crippen molar-refractivity contribution in [2.24, 2.45) is 0 Å². The number of rotatable bonds is 5. The van der Waals surface area contributed by atoms with E-state index in [4.69, 9.17) is 4.74 Å². The molecule has 0 N–H and O–H groups in total. The van der Waals surface area contributed by atoms with Crippen molar-refractivity contribution in [1.29, 1.82) is 0 Å². The van der Waals surface area contributed by atoms with E-state index in [0.717, 1.165) is 34.5 Å². The molecule has 5 nitrogen and oxygen atoms in total. The fraction of sp³-hybridized carbons (Fsp3) is 0.0909. The normalized spacial score (nSPS) is 15.5. The number of aromatic nitrogens is 1. The van der Waals surface area contributed by atoms with Crippen LogP contribution in [0.25, 0.3) is 11.8 Å². The Morgan fingerprint density at radius 2 is 1.71 bits per heavy atom. The third-order valence-electron chi connectivity index (χ3n) is 4.47. The second kappa shape index (κ2) is 7.78. The molecule has 0 aliphatic carbocycles. The van der Waals surface area contributed by atoms with Crippen molar-refractivity contribution >= 4 is 29.0 Å². The van der Waals surface area contributed by atoms with Gasteiger partial charge in [-0.05, 0) is 59.8 Å². The highest BCUT2D eigenvalue weighted by Gasteiger charge is 2.35. The number of carbonyl (C=O) groups is 2. The zero-order valence-corrected chi connectivity index (χ0v) is 16.1. The highest BCUT2D eigenvalue weighted by Crippen LogP contribution is 2.33. The third kappa shape index (κ3) is 3.59. The van der Waals surface area contributed by atoms with Gasteiger partial charge in [-0.25, -0.2) is 0 Å². The number of nitrogens with zero attached hydrogens (tertiary/aromatic N) is 2. The van der Waals surface area contributed by atoms with Crippen molar-refractivity contribution in [3.05, 3.63) is 89.1 Å². The Labute approximate surface area is 167 Å². The molecule has 3 aromatic rings. The number of ether oxygens (including phenoxy) is 1. The van der Waals surface area contributed by atoms with Gasteiger partial charge >= 0.3 is 0 Å². The minimum atomic E-state index is -0.263. The van der Waals surface area contributed by atoms with E-state index in [1.165, 1.54) is 4.90 Å². The van der Waals surface area contributed by atoms with Crippen molar-refractivity contribution in [2.75, 3.05) is 7.11 Å². The first-order valence-electron chi connectivity index (χ1n) is 8.77. The van der Waals surface area contributed by atoms with E-state index >= 15 is 0 Å². The predicted molar refractivity (Wildman–Crippen MR) is 110 cm³/mol. The molecular weight excluding hydrogens is 372 g/mol. The summed E-state index contributed by atoms with van der Waals surface area (Å²) in [5.74, 6) is 0.515. The molecule has 0 bridgehead atoms. The Balaban J connectivity index is 1.59. The van der Waals surface area contributed by atoms with Crippen molar-refractivity contribution < 1.29 is 14.3 Å². The number of carbonyl (C=O) groups excluding carboxylic acids is 2. The molecule has 0 saturated carbocycles. The Kier molecular flexibility index (Phi) is 5.04. The summed E-state index contributed by atoms with van der Waals surface area (Å²) in [6.45, 7) is 0.280. The number of methoxy groups -OCH3 is 1. The molecule has 1 aromatic heterocycles. The summed E-state index contributed by atoms with van der Waals surface area (Å²) in [5, 5.41) is -0.248. The first kappa shape index (κ1) is 18.1. The number of thioether (sulfide) groups is 1. The highest BCUT2D eigenvalue weighted by atomic mass is 32.2. The Morgan fingerprint density at radius 3 is 2.43 bits per heavy atom. The number of amides is 2. The predicted octanol–water partition coefficient (Wildman–Crippen LogP) is 4.72. The van der Waals surface area contributed by atoms with Gasteiger partial charge in [0.2, 0.25) is 0 Å². The van der Waals surface area contributed by atoms with Crippen molar-refractivity contribution in [2.45, 2.75) is 6.54 Å². The fourth-order valence-corrected chi connectivity index (χ4v) is 3.85. The molecule has 2 amide bonds. The zero-order chi connectivity index (χ0) is 19.5. The van der Waals surface area contributed by atoms with E-state index < -0.39 is 0 Å². The van der Waals surface area contributed by atoms with E-state index in [2.05, 4.69) is 0 Å². The Hall–Kier alpha value is -3.25. The topological polar surface area (TPSA) is 51.5 Å². The maximum atomic E-state index is 12.8. The molecule has 1 fully saturated rings. The van der Waals surface area contributed by atoms with Crippen LogP contribution in [0.5, 0.6) is 5.75 Å². The Morgan fingerprint density at radius 1 is 0.964 bits per heavy atom. The fourth-order valence-electron chi connectivity index (χ4n) is 3.03. The van der Waals surface area contributed by atoms with Crippen LogP contribution in [0.1, 0.15) is 11.3 Å². The number of hydrogen-bond donors (Lipinski definition) is 0.